The van der Waals surface area contributed by atoms with Crippen LogP contribution in [0.3, 0.4) is 0 Å². The number of alkyl carbamates (subject to hydrolysis) is 1. The predicted molar refractivity (Wildman–Crippen MR) is 153 cm³/mol. The van der Waals surface area contributed by atoms with Gasteiger partial charge in [0.1, 0.15) is 17.9 Å². The summed E-state index contributed by atoms with van der Waals surface area (Å²) in [6.45, 7) is 2.52. The maximum absolute atomic E-state index is 14.1. The first-order valence-electron chi connectivity index (χ1n) is 13.3. The van der Waals surface area contributed by atoms with Crippen molar-refractivity contribution in [1.29, 1.82) is 5.41 Å². The highest BCUT2D eigenvalue weighted by molar-refractivity contribution is 5.98. The Balaban J connectivity index is 1.76. The number of amides is 2. The van der Waals surface area contributed by atoms with Crippen LogP contribution < -0.4 is 21.7 Å². The number of hydrogen-bond acceptors (Lipinski definition) is 6. The number of carbonyl (C=O) groups is 3. The van der Waals surface area contributed by atoms with Gasteiger partial charge in [-0.1, -0.05) is 78.9 Å². The maximum atomic E-state index is 14.1. The normalized spacial score (nSPS) is 16.1. The summed E-state index contributed by atoms with van der Waals surface area (Å²) in [5, 5.41) is 16.7. The van der Waals surface area contributed by atoms with E-state index >= 15 is 0 Å². The van der Waals surface area contributed by atoms with E-state index in [1.807, 2.05) is 60.7 Å². The number of rotatable bonds is 10. The molecule has 9 nitrogen and oxygen atoms in total. The number of methoxy groups -OCH3 is 1. The van der Waals surface area contributed by atoms with Crippen molar-refractivity contribution >= 4 is 23.6 Å². The Bertz CT molecular complexity index is 1320. The largest absolute Gasteiger partial charge is 0.453 e. The van der Waals surface area contributed by atoms with Crippen LogP contribution in [0.25, 0.3) is 0 Å². The van der Waals surface area contributed by atoms with Crippen LogP contribution in [0.15, 0.2) is 78.9 Å². The molecular formula is C31H35N5O4. The fraction of sp³-hybridized carbons (Fsp3) is 0.290. The van der Waals surface area contributed by atoms with Crippen molar-refractivity contribution in [3.8, 4) is 0 Å². The number of ether oxygens (including phenoxy) is 1. The average molecular weight is 542 g/mol. The van der Waals surface area contributed by atoms with Gasteiger partial charge in [0.15, 0.2) is 5.78 Å². The highest BCUT2D eigenvalue weighted by Gasteiger charge is 2.37. The number of ketones is 1. The van der Waals surface area contributed by atoms with Crippen LogP contribution >= 0.6 is 0 Å². The standard InChI is InChI=1S/C31H35N5O4/c1-19-18-22(15-16-23(19)29(32)33)26(28(37)24-14-9-17-34-24)35-30(38)27(36-31(39)40-2)25(20-10-5-3-6-11-20)21-12-7-4-8-13-21/h3-8,10-13,15-16,18,24-27,34H,9,14,17H2,1-2H3,(H3,32,33)(H,35,38)(H,36,39)/t24-,26?,27+/m0/s1. The van der Waals surface area contributed by atoms with Crippen LogP contribution in [0.1, 0.15) is 52.6 Å². The van der Waals surface area contributed by atoms with E-state index in [9.17, 15) is 14.4 Å². The number of benzene rings is 3. The molecule has 1 aliphatic rings. The molecule has 208 valence electrons. The summed E-state index contributed by atoms with van der Waals surface area (Å²) < 4.78 is 4.88. The molecule has 0 radical (unpaired) electrons. The van der Waals surface area contributed by atoms with Gasteiger partial charge >= 0.3 is 6.09 Å². The van der Waals surface area contributed by atoms with Gasteiger partial charge in [0.25, 0.3) is 0 Å². The van der Waals surface area contributed by atoms with E-state index in [1.54, 1.807) is 25.1 Å². The van der Waals surface area contributed by atoms with Gasteiger partial charge < -0.3 is 26.4 Å². The lowest BCUT2D eigenvalue weighted by molar-refractivity contribution is -0.130. The smallest absolute Gasteiger partial charge is 0.407 e. The molecule has 0 saturated carbocycles. The molecule has 1 saturated heterocycles. The minimum atomic E-state index is -1.10. The van der Waals surface area contributed by atoms with Crippen LogP contribution in [0.2, 0.25) is 0 Å². The molecule has 40 heavy (non-hydrogen) atoms. The van der Waals surface area contributed by atoms with Crippen molar-refractivity contribution in [3.05, 3.63) is 107 Å². The van der Waals surface area contributed by atoms with Gasteiger partial charge in [-0.3, -0.25) is 15.0 Å². The molecule has 2 amide bonds. The van der Waals surface area contributed by atoms with Crippen molar-refractivity contribution in [3.63, 3.8) is 0 Å². The average Bonchev–Trinajstić information content (AvgIpc) is 3.51. The predicted octanol–water partition coefficient (Wildman–Crippen LogP) is 3.31. The molecule has 0 spiro atoms. The highest BCUT2D eigenvalue weighted by atomic mass is 16.5. The molecule has 0 bridgehead atoms. The Labute approximate surface area is 234 Å². The topological polar surface area (TPSA) is 146 Å². The molecule has 1 aliphatic heterocycles. The Kier molecular flexibility index (Phi) is 9.29. The first kappa shape index (κ1) is 28.5. The van der Waals surface area contributed by atoms with Crippen molar-refractivity contribution in [2.24, 2.45) is 5.73 Å². The van der Waals surface area contributed by atoms with Crippen LogP contribution in [0.4, 0.5) is 4.79 Å². The minimum absolute atomic E-state index is 0.0793. The SMILES string of the molecule is COC(=O)N[C@@H](C(=O)NC(C(=O)[C@@H]1CCCN1)c1ccc(C(=N)N)c(C)c1)C(c1ccccc1)c1ccccc1. The lowest BCUT2D eigenvalue weighted by Gasteiger charge is -2.30. The number of aryl methyl sites for hydroxylation is 1. The Morgan fingerprint density at radius 2 is 1.57 bits per heavy atom. The number of nitrogen functional groups attached to an aromatic ring is 1. The third kappa shape index (κ3) is 6.55. The van der Waals surface area contributed by atoms with Crippen molar-refractivity contribution in [1.82, 2.24) is 16.0 Å². The lowest BCUT2D eigenvalue weighted by Crippen LogP contribution is -2.53. The fourth-order valence-electron chi connectivity index (χ4n) is 5.23. The molecule has 0 aromatic heterocycles. The Morgan fingerprint density at radius 1 is 0.950 bits per heavy atom. The van der Waals surface area contributed by atoms with Crippen molar-refractivity contribution in [2.45, 2.75) is 43.8 Å². The molecule has 3 atom stereocenters. The van der Waals surface area contributed by atoms with E-state index in [0.29, 0.717) is 23.1 Å². The quantitative estimate of drug-likeness (QED) is 0.197. The molecule has 9 heteroatoms. The van der Waals surface area contributed by atoms with Crippen LogP contribution in [-0.4, -0.2) is 49.4 Å². The summed E-state index contributed by atoms with van der Waals surface area (Å²) in [5.74, 6) is -1.35. The summed E-state index contributed by atoms with van der Waals surface area (Å²) in [5.41, 5.74) is 9.17. The van der Waals surface area contributed by atoms with Crippen LogP contribution in [0.5, 0.6) is 0 Å². The molecule has 6 N–H and O–H groups in total. The summed E-state index contributed by atoms with van der Waals surface area (Å²) in [7, 11) is 1.24. The molecule has 3 aromatic carbocycles. The van der Waals surface area contributed by atoms with Gasteiger partial charge in [-0.15, -0.1) is 0 Å². The summed E-state index contributed by atoms with van der Waals surface area (Å²) in [4.78, 5) is 40.4. The molecule has 0 aliphatic carbocycles. The molecule has 1 unspecified atom stereocenters. The number of amidine groups is 1. The van der Waals surface area contributed by atoms with Crippen molar-refractivity contribution in [2.75, 3.05) is 13.7 Å². The van der Waals surface area contributed by atoms with E-state index in [-0.39, 0.29) is 11.6 Å². The monoisotopic (exact) mass is 541 g/mol. The van der Waals surface area contributed by atoms with Crippen LogP contribution in [-0.2, 0) is 14.3 Å². The molecular weight excluding hydrogens is 506 g/mol. The minimum Gasteiger partial charge on any atom is -0.453 e. The number of hydrogen-bond donors (Lipinski definition) is 5. The zero-order valence-electron chi connectivity index (χ0n) is 22.6. The second-order valence-electron chi connectivity index (χ2n) is 9.89. The first-order chi connectivity index (χ1) is 19.3. The van der Waals surface area contributed by atoms with E-state index < -0.39 is 36.0 Å². The third-order valence-electron chi connectivity index (χ3n) is 7.24. The molecule has 1 fully saturated rings. The number of nitrogens with one attached hydrogen (secondary N) is 4. The highest BCUT2D eigenvalue weighted by Crippen LogP contribution is 2.30. The fourth-order valence-corrected chi connectivity index (χ4v) is 5.23. The van der Waals surface area contributed by atoms with Gasteiger partial charge in [0, 0.05) is 11.5 Å². The Hall–Kier alpha value is -4.50. The summed E-state index contributed by atoms with van der Waals surface area (Å²) in [6.07, 6.45) is 0.755. The maximum Gasteiger partial charge on any atom is 0.407 e. The molecule has 1 heterocycles. The summed E-state index contributed by atoms with van der Waals surface area (Å²) in [6, 6.07) is 21.5. The number of Topliss-reactive ketones (excluding diaryl/α,β-unsaturated/α-hetero) is 1. The van der Waals surface area contributed by atoms with E-state index in [2.05, 4.69) is 16.0 Å². The zero-order chi connectivity index (χ0) is 28.6. The van der Waals surface area contributed by atoms with Gasteiger partial charge in [-0.05, 0) is 48.6 Å². The Morgan fingerprint density at radius 3 is 2.08 bits per heavy atom. The van der Waals surface area contributed by atoms with Gasteiger partial charge in [0.05, 0.1) is 13.2 Å². The van der Waals surface area contributed by atoms with Gasteiger partial charge in [-0.25, -0.2) is 4.79 Å². The second-order valence-corrected chi connectivity index (χ2v) is 9.89. The van der Waals surface area contributed by atoms with Crippen LogP contribution in [0, 0.1) is 12.3 Å². The van der Waals surface area contributed by atoms with Gasteiger partial charge in [0.2, 0.25) is 5.91 Å². The van der Waals surface area contributed by atoms with Crippen molar-refractivity contribution < 1.29 is 19.1 Å². The molecule has 4 rings (SSSR count). The first-order valence-corrected chi connectivity index (χ1v) is 13.3. The third-order valence-corrected chi connectivity index (χ3v) is 7.24. The van der Waals surface area contributed by atoms with E-state index in [4.69, 9.17) is 15.9 Å². The van der Waals surface area contributed by atoms with E-state index in [0.717, 1.165) is 24.1 Å². The van der Waals surface area contributed by atoms with E-state index in [1.165, 1.54) is 7.11 Å². The molecule has 3 aromatic rings. The summed E-state index contributed by atoms with van der Waals surface area (Å²) >= 11 is 0. The lowest BCUT2D eigenvalue weighted by atomic mass is 9.84. The second kappa shape index (κ2) is 13.0. The zero-order valence-corrected chi connectivity index (χ0v) is 22.6. The van der Waals surface area contributed by atoms with Gasteiger partial charge in [-0.2, -0.15) is 0 Å². The number of nitrogens with two attached hydrogens (primary N) is 1. The number of carbonyl (C=O) groups excluding carboxylic acids is 3.